The van der Waals surface area contributed by atoms with Gasteiger partial charge >= 0.3 is 0 Å². The van der Waals surface area contributed by atoms with Crippen LogP contribution >= 0.6 is 23.7 Å². The van der Waals surface area contributed by atoms with Gasteiger partial charge in [0.2, 0.25) is 0 Å². The molecule has 0 saturated heterocycles. The van der Waals surface area contributed by atoms with Crippen LogP contribution in [-0.2, 0) is 16.0 Å². The number of hydrogen-bond donors (Lipinski definition) is 2. The Hall–Kier alpha value is -0.620. The van der Waals surface area contributed by atoms with E-state index in [4.69, 9.17) is 10.5 Å². The van der Waals surface area contributed by atoms with Crippen LogP contribution < -0.4 is 11.1 Å². The fourth-order valence-electron chi connectivity index (χ4n) is 1.43. The summed E-state index contributed by atoms with van der Waals surface area (Å²) >= 11 is 1.69. The minimum atomic E-state index is -0.550. The molecule has 4 nitrogen and oxygen atoms in total. The van der Waals surface area contributed by atoms with Crippen LogP contribution in [0.5, 0.6) is 0 Å². The number of thiophene rings is 1. The first-order chi connectivity index (χ1) is 7.67. The number of ether oxygens (including phenoxy) is 1. The van der Waals surface area contributed by atoms with E-state index in [0.29, 0.717) is 0 Å². The Morgan fingerprint density at radius 1 is 1.65 bits per heavy atom. The molecule has 1 aromatic rings. The summed E-state index contributed by atoms with van der Waals surface area (Å²) in [5.74, 6) is -0.144. The average Bonchev–Trinajstić information content (AvgIpc) is 2.71. The summed E-state index contributed by atoms with van der Waals surface area (Å²) in [5, 5.41) is 4.91. The number of carbonyl (C=O) groups is 1. The topological polar surface area (TPSA) is 64.3 Å². The molecule has 98 valence electrons. The van der Waals surface area contributed by atoms with E-state index in [1.54, 1.807) is 11.3 Å². The third-order valence-electron chi connectivity index (χ3n) is 2.27. The molecule has 0 aliphatic heterocycles. The number of methoxy groups -OCH3 is 1. The van der Waals surface area contributed by atoms with Gasteiger partial charge in [0.25, 0.3) is 5.91 Å². The Kier molecular flexibility index (Phi) is 8.16. The first-order valence-corrected chi connectivity index (χ1v) is 6.11. The van der Waals surface area contributed by atoms with E-state index in [1.807, 2.05) is 18.4 Å². The third kappa shape index (κ3) is 5.50. The fraction of sp³-hybridized carbons (Fsp3) is 0.545. The normalized spacial score (nSPS) is 13.6. The van der Waals surface area contributed by atoms with Gasteiger partial charge in [-0.15, -0.1) is 23.7 Å². The van der Waals surface area contributed by atoms with E-state index in [-0.39, 0.29) is 30.9 Å². The lowest BCUT2D eigenvalue weighted by Crippen LogP contribution is -2.44. The summed E-state index contributed by atoms with van der Waals surface area (Å²) in [5.41, 5.74) is 5.41. The number of nitrogens with one attached hydrogen (secondary N) is 1. The first kappa shape index (κ1) is 16.4. The van der Waals surface area contributed by atoms with Gasteiger partial charge in [0.05, 0.1) is 0 Å². The lowest BCUT2D eigenvalue weighted by atomic mass is 10.2. The van der Waals surface area contributed by atoms with Crippen molar-refractivity contribution >= 4 is 29.7 Å². The summed E-state index contributed by atoms with van der Waals surface area (Å²) in [6, 6.07) is 4.16. The zero-order valence-corrected chi connectivity index (χ0v) is 11.6. The van der Waals surface area contributed by atoms with Crippen LogP contribution in [0.15, 0.2) is 17.5 Å². The molecule has 0 fully saturated rings. The molecule has 6 heteroatoms. The number of halogens is 1. The van der Waals surface area contributed by atoms with Gasteiger partial charge in [0.1, 0.15) is 6.10 Å². The van der Waals surface area contributed by atoms with Crippen LogP contribution in [0.25, 0.3) is 0 Å². The number of hydrogen-bond acceptors (Lipinski definition) is 4. The van der Waals surface area contributed by atoms with E-state index in [1.165, 1.54) is 12.0 Å². The Morgan fingerprint density at radius 3 is 2.82 bits per heavy atom. The van der Waals surface area contributed by atoms with Crippen LogP contribution in [0.1, 0.15) is 11.8 Å². The molecule has 0 saturated carbocycles. The molecule has 0 aliphatic rings. The smallest absolute Gasteiger partial charge is 0.250 e. The number of amides is 1. The second-order valence-electron chi connectivity index (χ2n) is 3.65. The Labute approximate surface area is 112 Å². The molecule has 0 spiro atoms. The monoisotopic (exact) mass is 278 g/mol. The molecule has 2 atom stereocenters. The largest absolute Gasteiger partial charge is 0.370 e. The molecule has 0 aliphatic carbocycles. The molecule has 0 bridgehead atoms. The molecule has 1 rings (SSSR count). The minimum absolute atomic E-state index is 0. The molecule has 1 aromatic heterocycles. The Balaban J connectivity index is 0.00000256. The quantitative estimate of drug-likeness (QED) is 0.822. The van der Waals surface area contributed by atoms with E-state index >= 15 is 0 Å². The fourth-order valence-corrected chi connectivity index (χ4v) is 2.26. The van der Waals surface area contributed by atoms with Gasteiger partial charge in [0.15, 0.2) is 0 Å². The highest BCUT2D eigenvalue weighted by atomic mass is 35.5. The standard InChI is InChI=1S/C11H18N2O2S.ClH/c1-8(6-9-4-3-5-16-9)13-11(14)10(7-12)15-2;/h3-5,8,10H,6-7,12H2,1-2H3,(H,13,14);1H. The van der Waals surface area contributed by atoms with Gasteiger partial charge in [0, 0.05) is 31.0 Å². The third-order valence-corrected chi connectivity index (χ3v) is 3.17. The maximum atomic E-state index is 11.6. The van der Waals surface area contributed by atoms with Crippen LogP contribution in [0.4, 0.5) is 0 Å². The highest BCUT2D eigenvalue weighted by molar-refractivity contribution is 7.09. The second kappa shape index (κ2) is 8.47. The van der Waals surface area contributed by atoms with Crippen molar-refractivity contribution in [3.63, 3.8) is 0 Å². The summed E-state index contributed by atoms with van der Waals surface area (Å²) in [6.07, 6.45) is 0.288. The number of nitrogens with two attached hydrogens (primary N) is 1. The lowest BCUT2D eigenvalue weighted by molar-refractivity contribution is -0.131. The number of rotatable bonds is 6. The molecule has 1 heterocycles. The van der Waals surface area contributed by atoms with Crippen LogP contribution in [0, 0.1) is 0 Å². The van der Waals surface area contributed by atoms with Crippen molar-refractivity contribution in [3.05, 3.63) is 22.4 Å². The summed E-state index contributed by atoms with van der Waals surface area (Å²) < 4.78 is 4.96. The van der Waals surface area contributed by atoms with E-state index in [2.05, 4.69) is 11.4 Å². The molecule has 0 radical (unpaired) electrons. The zero-order valence-electron chi connectivity index (χ0n) is 10.0. The van der Waals surface area contributed by atoms with Gasteiger partial charge in [-0.2, -0.15) is 0 Å². The highest BCUT2D eigenvalue weighted by Gasteiger charge is 2.17. The van der Waals surface area contributed by atoms with Crippen molar-refractivity contribution in [2.75, 3.05) is 13.7 Å². The molecular weight excluding hydrogens is 260 g/mol. The van der Waals surface area contributed by atoms with E-state index in [0.717, 1.165) is 6.42 Å². The van der Waals surface area contributed by atoms with E-state index < -0.39 is 6.10 Å². The lowest BCUT2D eigenvalue weighted by Gasteiger charge is -2.17. The van der Waals surface area contributed by atoms with Gasteiger partial charge in [-0.05, 0) is 18.4 Å². The molecule has 17 heavy (non-hydrogen) atoms. The summed E-state index contributed by atoms with van der Waals surface area (Å²) in [7, 11) is 1.49. The van der Waals surface area contributed by atoms with Crippen molar-refractivity contribution in [1.82, 2.24) is 5.32 Å². The van der Waals surface area contributed by atoms with Crippen molar-refractivity contribution in [3.8, 4) is 0 Å². The van der Waals surface area contributed by atoms with E-state index in [9.17, 15) is 4.79 Å². The molecular formula is C11H19ClN2O2S. The highest BCUT2D eigenvalue weighted by Crippen LogP contribution is 2.10. The molecule has 0 aromatic carbocycles. The van der Waals surface area contributed by atoms with Crippen molar-refractivity contribution in [2.45, 2.75) is 25.5 Å². The minimum Gasteiger partial charge on any atom is -0.370 e. The predicted molar refractivity (Wildman–Crippen MR) is 72.7 cm³/mol. The summed E-state index contributed by atoms with van der Waals surface area (Å²) in [4.78, 5) is 12.9. The van der Waals surface area contributed by atoms with Gasteiger partial charge in [-0.1, -0.05) is 6.07 Å². The maximum absolute atomic E-state index is 11.6. The van der Waals surface area contributed by atoms with Crippen LogP contribution in [0.3, 0.4) is 0 Å². The first-order valence-electron chi connectivity index (χ1n) is 5.23. The summed E-state index contributed by atoms with van der Waals surface area (Å²) in [6.45, 7) is 2.18. The van der Waals surface area contributed by atoms with Crippen molar-refractivity contribution in [2.24, 2.45) is 5.73 Å². The molecule has 1 amide bonds. The molecule has 3 N–H and O–H groups in total. The molecule has 2 unspecified atom stereocenters. The maximum Gasteiger partial charge on any atom is 0.250 e. The zero-order chi connectivity index (χ0) is 12.0. The van der Waals surface area contributed by atoms with Crippen molar-refractivity contribution in [1.29, 1.82) is 0 Å². The van der Waals surface area contributed by atoms with Crippen molar-refractivity contribution < 1.29 is 9.53 Å². The SMILES string of the molecule is COC(CN)C(=O)NC(C)Cc1cccs1.Cl. The Bertz CT molecular complexity index is 315. The Morgan fingerprint density at radius 2 is 2.35 bits per heavy atom. The van der Waals surface area contributed by atoms with Crippen LogP contribution in [-0.4, -0.2) is 31.7 Å². The number of carbonyl (C=O) groups excluding carboxylic acids is 1. The van der Waals surface area contributed by atoms with Gasteiger partial charge < -0.3 is 15.8 Å². The predicted octanol–water partition coefficient (Wildman–Crippen LogP) is 1.19. The van der Waals surface area contributed by atoms with Crippen LogP contribution in [0.2, 0.25) is 0 Å². The van der Waals surface area contributed by atoms with Gasteiger partial charge in [-0.25, -0.2) is 0 Å². The average molecular weight is 279 g/mol. The second-order valence-corrected chi connectivity index (χ2v) is 4.69. The van der Waals surface area contributed by atoms with Gasteiger partial charge in [-0.3, -0.25) is 4.79 Å².